The smallest absolute Gasteiger partial charge is 0.263 e. The SMILES string of the molecule is CCn1c(SCC(=O)Nc2c(C(C)C)cccc2C(C)C)nc2sc(C)c(C)c2c1=O. The molecule has 1 aromatic carbocycles. The normalized spacial score (nSPS) is 11.6. The third-order valence-electron chi connectivity index (χ3n) is 5.54. The summed E-state index contributed by atoms with van der Waals surface area (Å²) in [5.41, 5.74) is 4.17. The van der Waals surface area contributed by atoms with Crippen LogP contribution in [0.2, 0.25) is 0 Å². The van der Waals surface area contributed by atoms with Crippen molar-refractivity contribution >= 4 is 44.9 Å². The molecule has 2 heterocycles. The van der Waals surface area contributed by atoms with Crippen molar-refractivity contribution in [2.45, 2.75) is 72.0 Å². The number of hydrogen-bond donors (Lipinski definition) is 1. The number of para-hydroxylation sites is 1. The van der Waals surface area contributed by atoms with Gasteiger partial charge in [0.05, 0.1) is 11.1 Å². The number of nitrogens with one attached hydrogen (secondary N) is 1. The molecule has 0 aliphatic heterocycles. The van der Waals surface area contributed by atoms with Gasteiger partial charge < -0.3 is 5.32 Å². The van der Waals surface area contributed by atoms with Crippen LogP contribution in [0.4, 0.5) is 5.69 Å². The molecule has 0 bridgehead atoms. The first-order chi connectivity index (χ1) is 14.6. The molecule has 5 nitrogen and oxygen atoms in total. The second-order valence-electron chi connectivity index (χ2n) is 8.36. The molecule has 0 saturated heterocycles. The van der Waals surface area contributed by atoms with Crippen molar-refractivity contribution in [3.8, 4) is 0 Å². The van der Waals surface area contributed by atoms with E-state index in [1.54, 1.807) is 4.57 Å². The van der Waals surface area contributed by atoms with Crippen LogP contribution >= 0.6 is 23.1 Å². The number of aromatic nitrogens is 2. The van der Waals surface area contributed by atoms with Crippen molar-refractivity contribution in [3.05, 3.63) is 50.1 Å². The predicted octanol–water partition coefficient (Wildman–Crippen LogP) is 6.07. The minimum Gasteiger partial charge on any atom is -0.325 e. The Kier molecular flexibility index (Phi) is 7.27. The number of carbonyl (C=O) groups excluding carboxylic acids is 1. The quantitative estimate of drug-likeness (QED) is 0.345. The third-order valence-corrected chi connectivity index (χ3v) is 7.62. The molecule has 0 radical (unpaired) electrons. The zero-order valence-electron chi connectivity index (χ0n) is 19.3. The summed E-state index contributed by atoms with van der Waals surface area (Å²) in [6, 6.07) is 6.20. The highest BCUT2D eigenvalue weighted by atomic mass is 32.2. The number of anilines is 1. The molecule has 0 aliphatic rings. The van der Waals surface area contributed by atoms with Gasteiger partial charge in [-0.15, -0.1) is 11.3 Å². The molecular formula is C24H31N3O2S2. The molecule has 0 aliphatic carbocycles. The van der Waals surface area contributed by atoms with Crippen molar-refractivity contribution in [1.29, 1.82) is 0 Å². The number of amides is 1. The van der Waals surface area contributed by atoms with Crippen LogP contribution < -0.4 is 10.9 Å². The summed E-state index contributed by atoms with van der Waals surface area (Å²) in [5, 5.41) is 4.44. The van der Waals surface area contributed by atoms with Crippen LogP contribution in [0.1, 0.15) is 68.0 Å². The fourth-order valence-electron chi connectivity index (χ4n) is 3.70. The topological polar surface area (TPSA) is 64.0 Å². The highest BCUT2D eigenvalue weighted by Crippen LogP contribution is 2.33. The van der Waals surface area contributed by atoms with E-state index in [9.17, 15) is 9.59 Å². The molecule has 0 saturated carbocycles. The van der Waals surface area contributed by atoms with E-state index in [4.69, 9.17) is 4.98 Å². The third kappa shape index (κ3) is 4.72. The molecule has 166 valence electrons. The minimum atomic E-state index is -0.0875. The van der Waals surface area contributed by atoms with Gasteiger partial charge in [0, 0.05) is 17.1 Å². The first-order valence-electron chi connectivity index (χ1n) is 10.7. The Bertz CT molecular complexity index is 1150. The molecule has 3 aromatic rings. The maximum Gasteiger partial charge on any atom is 0.263 e. The second kappa shape index (κ2) is 9.57. The van der Waals surface area contributed by atoms with Crippen molar-refractivity contribution in [1.82, 2.24) is 9.55 Å². The van der Waals surface area contributed by atoms with Gasteiger partial charge in [0.25, 0.3) is 5.56 Å². The number of aryl methyl sites for hydroxylation is 2. The zero-order chi connectivity index (χ0) is 22.9. The van der Waals surface area contributed by atoms with E-state index >= 15 is 0 Å². The van der Waals surface area contributed by atoms with Gasteiger partial charge in [-0.2, -0.15) is 0 Å². The predicted molar refractivity (Wildman–Crippen MR) is 133 cm³/mol. The lowest BCUT2D eigenvalue weighted by atomic mass is 9.92. The fourth-order valence-corrected chi connectivity index (χ4v) is 5.63. The van der Waals surface area contributed by atoms with Crippen LogP contribution in [-0.4, -0.2) is 21.2 Å². The number of rotatable bonds is 7. The first-order valence-corrected chi connectivity index (χ1v) is 12.5. The molecule has 1 N–H and O–H groups in total. The second-order valence-corrected chi connectivity index (χ2v) is 10.5. The van der Waals surface area contributed by atoms with Gasteiger partial charge >= 0.3 is 0 Å². The molecule has 1 amide bonds. The van der Waals surface area contributed by atoms with Crippen LogP contribution in [0.5, 0.6) is 0 Å². The number of hydrogen-bond acceptors (Lipinski definition) is 5. The highest BCUT2D eigenvalue weighted by Gasteiger charge is 2.19. The lowest BCUT2D eigenvalue weighted by molar-refractivity contribution is -0.113. The van der Waals surface area contributed by atoms with Crippen LogP contribution in [0.3, 0.4) is 0 Å². The summed E-state index contributed by atoms with van der Waals surface area (Å²) in [5.74, 6) is 0.726. The molecule has 31 heavy (non-hydrogen) atoms. The first kappa shape index (κ1) is 23.5. The van der Waals surface area contributed by atoms with Gasteiger partial charge in [0.2, 0.25) is 5.91 Å². The van der Waals surface area contributed by atoms with Crippen molar-refractivity contribution in [2.75, 3.05) is 11.1 Å². The summed E-state index contributed by atoms with van der Waals surface area (Å²) in [7, 11) is 0. The van der Waals surface area contributed by atoms with Gasteiger partial charge in [-0.3, -0.25) is 14.2 Å². The Morgan fingerprint density at radius 1 is 1.16 bits per heavy atom. The summed E-state index contributed by atoms with van der Waals surface area (Å²) in [4.78, 5) is 32.5. The van der Waals surface area contributed by atoms with E-state index in [-0.39, 0.29) is 17.2 Å². The van der Waals surface area contributed by atoms with Gasteiger partial charge in [-0.05, 0) is 49.3 Å². The van der Waals surface area contributed by atoms with Gasteiger partial charge in [0.15, 0.2) is 5.16 Å². The summed E-state index contributed by atoms with van der Waals surface area (Å²) in [6.07, 6.45) is 0. The Hall–Kier alpha value is -2.12. The Labute approximate surface area is 192 Å². The number of nitrogens with zero attached hydrogens (tertiary/aromatic N) is 2. The lowest BCUT2D eigenvalue weighted by Gasteiger charge is -2.20. The average molecular weight is 458 g/mol. The van der Waals surface area contributed by atoms with E-state index in [1.807, 2.05) is 20.8 Å². The molecule has 0 fully saturated rings. The number of benzene rings is 1. The maximum atomic E-state index is 13.0. The van der Waals surface area contributed by atoms with Gasteiger partial charge in [-0.25, -0.2) is 4.98 Å². The minimum absolute atomic E-state index is 0.0236. The molecule has 0 unspecified atom stereocenters. The molecular weight excluding hydrogens is 426 g/mol. The van der Waals surface area contributed by atoms with E-state index in [1.165, 1.54) is 23.1 Å². The Morgan fingerprint density at radius 2 is 1.77 bits per heavy atom. The van der Waals surface area contributed by atoms with Crippen molar-refractivity contribution in [3.63, 3.8) is 0 Å². The van der Waals surface area contributed by atoms with Crippen LogP contribution in [0.25, 0.3) is 10.2 Å². The molecule has 0 spiro atoms. The summed E-state index contributed by atoms with van der Waals surface area (Å²) >= 11 is 2.85. The molecule has 0 atom stereocenters. The standard InChI is InChI=1S/C24H31N3O2S2/c1-8-27-23(29)20-15(6)16(7)31-22(20)26-24(27)30-12-19(28)25-21-17(13(2)3)10-9-11-18(21)14(4)5/h9-11,13-14H,8,12H2,1-7H3,(H,25,28). The van der Waals surface area contributed by atoms with E-state index in [0.29, 0.717) is 28.9 Å². The fraction of sp³-hybridized carbons (Fsp3) is 0.458. The van der Waals surface area contributed by atoms with E-state index in [0.717, 1.165) is 32.1 Å². The van der Waals surface area contributed by atoms with E-state index in [2.05, 4.69) is 51.2 Å². The largest absolute Gasteiger partial charge is 0.325 e. The number of thiophene rings is 1. The van der Waals surface area contributed by atoms with Gasteiger partial charge in [-0.1, -0.05) is 57.7 Å². The van der Waals surface area contributed by atoms with Gasteiger partial charge in [0.1, 0.15) is 4.83 Å². The number of fused-ring (bicyclic) bond motifs is 1. The summed E-state index contributed by atoms with van der Waals surface area (Å²) in [6.45, 7) is 15.0. The average Bonchev–Trinajstić information content (AvgIpc) is 3.00. The Balaban J connectivity index is 1.87. The van der Waals surface area contributed by atoms with Crippen molar-refractivity contribution in [2.24, 2.45) is 0 Å². The van der Waals surface area contributed by atoms with Crippen molar-refractivity contribution < 1.29 is 4.79 Å². The maximum absolute atomic E-state index is 13.0. The molecule has 2 aromatic heterocycles. The number of carbonyl (C=O) groups is 1. The molecule has 7 heteroatoms. The van der Waals surface area contributed by atoms with Crippen LogP contribution in [0.15, 0.2) is 28.2 Å². The summed E-state index contributed by atoms with van der Waals surface area (Å²) < 4.78 is 1.67. The zero-order valence-corrected chi connectivity index (χ0v) is 21.0. The number of thioether (sulfide) groups is 1. The highest BCUT2D eigenvalue weighted by molar-refractivity contribution is 7.99. The van der Waals surface area contributed by atoms with Crippen LogP contribution in [-0.2, 0) is 11.3 Å². The molecule has 3 rings (SSSR count). The van der Waals surface area contributed by atoms with E-state index < -0.39 is 0 Å². The Morgan fingerprint density at radius 3 is 2.32 bits per heavy atom. The lowest BCUT2D eigenvalue weighted by Crippen LogP contribution is -2.23. The monoisotopic (exact) mass is 457 g/mol. The van der Waals surface area contributed by atoms with Crippen LogP contribution in [0, 0.1) is 13.8 Å².